The fraction of sp³-hybridized carbons (Fsp3) is 0.333. The van der Waals surface area contributed by atoms with E-state index in [-0.39, 0.29) is 17.4 Å². The van der Waals surface area contributed by atoms with Crippen LogP contribution in [0.3, 0.4) is 0 Å². The van der Waals surface area contributed by atoms with Crippen LogP contribution in [-0.2, 0) is 0 Å². The summed E-state index contributed by atoms with van der Waals surface area (Å²) in [7, 11) is 0. The topological polar surface area (TPSA) is 59.0 Å². The fourth-order valence-electron chi connectivity index (χ4n) is 4.23. The van der Waals surface area contributed by atoms with Crippen molar-refractivity contribution in [3.05, 3.63) is 77.6 Å². The molecule has 5 rings (SSSR count). The molecule has 1 aliphatic heterocycles. The second-order valence-corrected chi connectivity index (χ2v) is 8.26. The summed E-state index contributed by atoms with van der Waals surface area (Å²) in [6, 6.07) is 6.86. The van der Waals surface area contributed by atoms with E-state index in [9.17, 15) is 13.6 Å². The molecule has 3 aromatic rings. The van der Waals surface area contributed by atoms with Gasteiger partial charge in [0.1, 0.15) is 17.5 Å². The lowest BCUT2D eigenvalue weighted by atomic mass is 9.88. The predicted octanol–water partition coefficient (Wildman–Crippen LogP) is 4.71. The molecule has 0 unspecified atom stereocenters. The molecule has 31 heavy (non-hydrogen) atoms. The highest BCUT2D eigenvalue weighted by Gasteiger charge is 2.31. The Balaban J connectivity index is 1.37. The summed E-state index contributed by atoms with van der Waals surface area (Å²) in [5.41, 5.74) is 3.10. The Morgan fingerprint density at radius 2 is 1.61 bits per heavy atom. The van der Waals surface area contributed by atoms with E-state index >= 15 is 0 Å². The molecule has 3 heterocycles. The Kier molecular flexibility index (Phi) is 5.18. The second-order valence-electron chi connectivity index (χ2n) is 8.26. The zero-order valence-corrected chi connectivity index (χ0v) is 17.0. The molecule has 2 aliphatic rings. The van der Waals surface area contributed by atoms with Gasteiger partial charge in [-0.2, -0.15) is 0 Å². The Morgan fingerprint density at radius 1 is 0.935 bits per heavy atom. The highest BCUT2D eigenvalue weighted by atomic mass is 19.1. The normalized spacial score (nSPS) is 17.0. The molecule has 1 aliphatic carbocycles. The summed E-state index contributed by atoms with van der Waals surface area (Å²) in [5, 5.41) is 0. The maximum Gasteiger partial charge on any atom is 0.254 e. The molecule has 0 spiro atoms. The number of pyridine rings is 1. The van der Waals surface area contributed by atoms with Crippen LogP contribution in [0.5, 0.6) is 0 Å². The van der Waals surface area contributed by atoms with Crippen LogP contribution >= 0.6 is 0 Å². The number of amides is 1. The SMILES string of the molecule is O=C(c1cc(F)cc(F)c1)N1CCC(c2nc(C3CC3)ncc2-c2ccncc2)CC1. The first-order chi connectivity index (χ1) is 15.1. The summed E-state index contributed by atoms with van der Waals surface area (Å²) in [6.07, 6.45) is 9.17. The van der Waals surface area contributed by atoms with Crippen LogP contribution in [0, 0.1) is 11.6 Å². The molecule has 0 atom stereocenters. The summed E-state index contributed by atoms with van der Waals surface area (Å²) in [6.45, 7) is 1.03. The van der Waals surface area contributed by atoms with Crippen LogP contribution in [0.25, 0.3) is 11.1 Å². The third kappa shape index (κ3) is 4.17. The summed E-state index contributed by atoms with van der Waals surface area (Å²) >= 11 is 0. The number of piperidine rings is 1. The first kappa shape index (κ1) is 19.7. The molecule has 1 aromatic carbocycles. The summed E-state index contributed by atoms with van der Waals surface area (Å²) in [5.74, 6) is -0.275. The van der Waals surface area contributed by atoms with Gasteiger partial charge in [0.2, 0.25) is 0 Å². The molecular formula is C24H22F2N4O. The minimum absolute atomic E-state index is 0.0477. The van der Waals surface area contributed by atoms with Crippen molar-refractivity contribution in [3.63, 3.8) is 0 Å². The summed E-state index contributed by atoms with van der Waals surface area (Å²) in [4.78, 5) is 28.1. The minimum Gasteiger partial charge on any atom is -0.339 e. The number of hydrogen-bond donors (Lipinski definition) is 0. The van der Waals surface area contributed by atoms with E-state index in [1.54, 1.807) is 17.3 Å². The Bertz CT molecular complexity index is 1090. The molecule has 0 N–H and O–H groups in total. The lowest BCUT2D eigenvalue weighted by molar-refractivity contribution is 0.0711. The Labute approximate surface area is 179 Å². The molecule has 2 aromatic heterocycles. The lowest BCUT2D eigenvalue weighted by Gasteiger charge is -2.32. The van der Waals surface area contributed by atoms with Crippen molar-refractivity contribution in [3.8, 4) is 11.1 Å². The van der Waals surface area contributed by atoms with Crippen molar-refractivity contribution in [1.29, 1.82) is 0 Å². The van der Waals surface area contributed by atoms with Gasteiger partial charge in [-0.15, -0.1) is 0 Å². The number of carbonyl (C=O) groups excluding carboxylic acids is 1. The van der Waals surface area contributed by atoms with Crippen molar-refractivity contribution in [1.82, 2.24) is 19.9 Å². The van der Waals surface area contributed by atoms with Crippen LogP contribution in [0.15, 0.2) is 48.9 Å². The largest absolute Gasteiger partial charge is 0.339 e. The van der Waals surface area contributed by atoms with Gasteiger partial charge in [-0.1, -0.05) is 0 Å². The zero-order chi connectivity index (χ0) is 21.4. The van der Waals surface area contributed by atoms with E-state index in [0.29, 0.717) is 19.0 Å². The molecule has 5 nitrogen and oxygen atoms in total. The van der Waals surface area contributed by atoms with Crippen molar-refractivity contribution in [2.75, 3.05) is 13.1 Å². The first-order valence-corrected chi connectivity index (χ1v) is 10.6. The quantitative estimate of drug-likeness (QED) is 0.613. The van der Waals surface area contributed by atoms with Crippen molar-refractivity contribution >= 4 is 5.91 Å². The second kappa shape index (κ2) is 8.13. The zero-order valence-electron chi connectivity index (χ0n) is 17.0. The Morgan fingerprint density at radius 3 is 2.26 bits per heavy atom. The summed E-state index contributed by atoms with van der Waals surface area (Å²) < 4.78 is 27.0. The first-order valence-electron chi connectivity index (χ1n) is 10.6. The molecule has 158 valence electrons. The average Bonchev–Trinajstić information content (AvgIpc) is 3.64. The van der Waals surface area contributed by atoms with Gasteiger partial charge in [0.25, 0.3) is 5.91 Å². The van der Waals surface area contributed by atoms with Crippen LogP contribution < -0.4 is 0 Å². The number of nitrogens with zero attached hydrogens (tertiary/aromatic N) is 4. The standard InChI is InChI=1S/C24H22F2N4O/c25-19-11-18(12-20(26)13-19)24(31)30-9-5-16(6-10-30)22-21(15-3-7-27-8-4-15)14-28-23(29-22)17-1-2-17/h3-4,7-8,11-14,16-17H,1-2,5-6,9-10H2. The number of hydrogen-bond acceptors (Lipinski definition) is 4. The highest BCUT2D eigenvalue weighted by Crippen LogP contribution is 2.40. The van der Waals surface area contributed by atoms with Gasteiger partial charge in [0.15, 0.2) is 0 Å². The maximum absolute atomic E-state index is 13.5. The molecule has 1 saturated carbocycles. The average molecular weight is 420 g/mol. The smallest absolute Gasteiger partial charge is 0.254 e. The van der Waals surface area contributed by atoms with E-state index in [0.717, 1.165) is 66.5 Å². The number of aromatic nitrogens is 3. The molecule has 0 bridgehead atoms. The van der Waals surface area contributed by atoms with E-state index in [2.05, 4.69) is 9.97 Å². The molecule has 2 fully saturated rings. The monoisotopic (exact) mass is 420 g/mol. The molecule has 7 heteroatoms. The van der Waals surface area contributed by atoms with E-state index in [4.69, 9.17) is 4.98 Å². The number of rotatable bonds is 4. The van der Waals surface area contributed by atoms with E-state index in [1.165, 1.54) is 0 Å². The van der Waals surface area contributed by atoms with E-state index < -0.39 is 11.6 Å². The molecular weight excluding hydrogens is 398 g/mol. The van der Waals surface area contributed by atoms with Gasteiger partial charge in [-0.05, 0) is 55.5 Å². The van der Waals surface area contributed by atoms with Gasteiger partial charge in [0, 0.05) is 60.7 Å². The molecule has 1 amide bonds. The van der Waals surface area contributed by atoms with Crippen molar-refractivity contribution in [2.24, 2.45) is 0 Å². The highest BCUT2D eigenvalue weighted by molar-refractivity contribution is 5.94. The number of benzene rings is 1. The molecule has 1 saturated heterocycles. The van der Waals surface area contributed by atoms with Gasteiger partial charge >= 0.3 is 0 Å². The fourth-order valence-corrected chi connectivity index (χ4v) is 4.23. The number of likely N-dealkylation sites (tertiary alicyclic amines) is 1. The third-order valence-electron chi connectivity index (χ3n) is 6.05. The van der Waals surface area contributed by atoms with Gasteiger partial charge < -0.3 is 4.90 Å². The molecule has 0 radical (unpaired) electrons. The van der Waals surface area contributed by atoms with Gasteiger partial charge in [-0.25, -0.2) is 18.7 Å². The number of carbonyl (C=O) groups is 1. The third-order valence-corrected chi connectivity index (χ3v) is 6.05. The predicted molar refractivity (Wildman–Crippen MR) is 111 cm³/mol. The van der Waals surface area contributed by atoms with Crippen molar-refractivity contribution in [2.45, 2.75) is 37.5 Å². The van der Waals surface area contributed by atoms with Crippen LogP contribution in [-0.4, -0.2) is 38.8 Å². The van der Waals surface area contributed by atoms with E-state index in [1.807, 2.05) is 18.3 Å². The lowest BCUT2D eigenvalue weighted by Crippen LogP contribution is -2.38. The minimum atomic E-state index is -0.742. The van der Waals surface area contributed by atoms with Gasteiger partial charge in [0.05, 0.1) is 5.69 Å². The number of halogens is 2. The van der Waals surface area contributed by atoms with Crippen LogP contribution in [0.4, 0.5) is 8.78 Å². The van der Waals surface area contributed by atoms with Crippen LogP contribution in [0.2, 0.25) is 0 Å². The Hall–Kier alpha value is -3.22. The maximum atomic E-state index is 13.5. The van der Waals surface area contributed by atoms with Crippen molar-refractivity contribution < 1.29 is 13.6 Å². The van der Waals surface area contributed by atoms with Crippen LogP contribution in [0.1, 0.15) is 59.4 Å². The van der Waals surface area contributed by atoms with Gasteiger partial charge in [-0.3, -0.25) is 9.78 Å².